The van der Waals surface area contributed by atoms with Crippen molar-refractivity contribution in [2.45, 2.75) is 6.42 Å². The topological polar surface area (TPSA) is 79.5 Å². The first-order valence-corrected chi connectivity index (χ1v) is 7.75. The van der Waals surface area contributed by atoms with E-state index in [4.69, 9.17) is 4.74 Å². The number of nitrogens with one attached hydrogen (secondary N) is 3. The Kier molecular flexibility index (Phi) is 6.91. The van der Waals surface area contributed by atoms with Gasteiger partial charge in [-0.15, -0.1) is 0 Å². The van der Waals surface area contributed by atoms with E-state index >= 15 is 0 Å². The second-order valence-electron chi connectivity index (χ2n) is 5.28. The molecule has 0 spiro atoms. The lowest BCUT2D eigenvalue weighted by Crippen LogP contribution is -2.30. The number of hydrogen-bond acceptors (Lipinski definition) is 3. The van der Waals surface area contributed by atoms with Gasteiger partial charge in [-0.2, -0.15) is 0 Å². The second-order valence-corrected chi connectivity index (χ2v) is 5.28. The average Bonchev–Trinajstić information content (AvgIpc) is 2.58. The molecule has 0 fully saturated rings. The number of methoxy groups -OCH3 is 1. The maximum absolute atomic E-state index is 13.5. The number of benzene rings is 2. The Morgan fingerprint density at radius 3 is 2.28 bits per heavy atom. The Morgan fingerprint density at radius 1 is 1.00 bits per heavy atom. The summed E-state index contributed by atoms with van der Waals surface area (Å²) in [6.45, 7) is 0.294. The molecule has 0 unspecified atom stereocenters. The van der Waals surface area contributed by atoms with Gasteiger partial charge < -0.3 is 20.7 Å². The van der Waals surface area contributed by atoms with Gasteiger partial charge in [-0.1, -0.05) is 18.2 Å². The number of halogens is 1. The number of carbonyl (C=O) groups excluding carboxylic acids is 2. The third-order valence-corrected chi connectivity index (χ3v) is 3.34. The molecule has 2 rings (SSSR count). The number of carbonyl (C=O) groups is 2. The molecule has 3 N–H and O–H groups in total. The van der Waals surface area contributed by atoms with Gasteiger partial charge in [-0.3, -0.25) is 4.79 Å². The number of rotatable bonds is 7. The van der Waals surface area contributed by atoms with Gasteiger partial charge in [0.1, 0.15) is 12.4 Å². The summed E-state index contributed by atoms with van der Waals surface area (Å²) in [5.41, 5.74) is 1.74. The monoisotopic (exact) mass is 345 g/mol. The molecule has 0 atom stereocenters. The van der Waals surface area contributed by atoms with Gasteiger partial charge in [0.25, 0.3) is 0 Å². The van der Waals surface area contributed by atoms with Gasteiger partial charge in [0.15, 0.2) is 0 Å². The summed E-state index contributed by atoms with van der Waals surface area (Å²) in [7, 11) is 1.44. The van der Waals surface area contributed by atoms with E-state index in [2.05, 4.69) is 16.0 Å². The highest BCUT2D eigenvalue weighted by Crippen LogP contribution is 2.13. The number of amides is 3. The van der Waals surface area contributed by atoms with Crippen LogP contribution < -0.4 is 16.0 Å². The lowest BCUT2D eigenvalue weighted by Gasteiger charge is -2.09. The molecule has 0 aliphatic heterocycles. The van der Waals surface area contributed by atoms with E-state index in [-0.39, 0.29) is 24.4 Å². The van der Waals surface area contributed by atoms with Crippen LogP contribution in [0.3, 0.4) is 0 Å². The van der Waals surface area contributed by atoms with Crippen molar-refractivity contribution >= 4 is 23.3 Å². The van der Waals surface area contributed by atoms with Crippen LogP contribution in [0.2, 0.25) is 0 Å². The summed E-state index contributed by atoms with van der Waals surface area (Å²) in [4.78, 5) is 23.2. The molecule has 0 aromatic heterocycles. The maximum atomic E-state index is 13.5. The van der Waals surface area contributed by atoms with Gasteiger partial charge in [0.05, 0.1) is 0 Å². The minimum absolute atomic E-state index is 0.0234. The van der Waals surface area contributed by atoms with E-state index in [9.17, 15) is 14.0 Å². The fourth-order valence-corrected chi connectivity index (χ4v) is 2.15. The van der Waals surface area contributed by atoms with Crippen LogP contribution in [0.25, 0.3) is 0 Å². The van der Waals surface area contributed by atoms with Gasteiger partial charge in [0, 0.05) is 25.0 Å². The Labute approximate surface area is 145 Å². The molecule has 2 aromatic rings. The second kappa shape index (κ2) is 9.39. The normalized spacial score (nSPS) is 10.2. The highest BCUT2D eigenvalue weighted by molar-refractivity contribution is 5.93. The van der Waals surface area contributed by atoms with Gasteiger partial charge in [-0.05, 0) is 42.3 Å². The van der Waals surface area contributed by atoms with E-state index in [1.54, 1.807) is 42.5 Å². The lowest BCUT2D eigenvalue weighted by atomic mass is 10.1. The SMILES string of the molecule is COCC(=O)Nc1ccc(NC(=O)NCCc2ccccc2F)cc1. The molecule has 25 heavy (non-hydrogen) atoms. The predicted octanol–water partition coefficient (Wildman–Crippen LogP) is 2.77. The predicted molar refractivity (Wildman–Crippen MR) is 94.1 cm³/mol. The van der Waals surface area contributed by atoms with Crippen molar-refractivity contribution in [2.75, 3.05) is 30.9 Å². The fraction of sp³-hybridized carbons (Fsp3) is 0.222. The molecule has 0 saturated heterocycles. The van der Waals surface area contributed by atoms with Gasteiger partial charge in [0.2, 0.25) is 5.91 Å². The van der Waals surface area contributed by atoms with Crippen molar-refractivity contribution in [1.82, 2.24) is 5.32 Å². The Balaban J connectivity index is 1.76. The third kappa shape index (κ3) is 6.23. The third-order valence-electron chi connectivity index (χ3n) is 3.34. The van der Waals surface area contributed by atoms with Crippen LogP contribution in [-0.4, -0.2) is 32.2 Å². The summed E-state index contributed by atoms with van der Waals surface area (Å²) in [5, 5.41) is 7.99. The highest BCUT2D eigenvalue weighted by atomic mass is 19.1. The number of ether oxygens (including phenoxy) is 1. The van der Waals surface area contributed by atoms with Crippen LogP contribution >= 0.6 is 0 Å². The first-order chi connectivity index (χ1) is 12.1. The van der Waals surface area contributed by atoms with Crippen molar-refractivity contribution in [3.05, 3.63) is 59.9 Å². The minimum Gasteiger partial charge on any atom is -0.375 e. The summed E-state index contributed by atoms with van der Waals surface area (Å²) in [6, 6.07) is 12.7. The molecule has 0 radical (unpaired) electrons. The van der Waals surface area contributed by atoms with Crippen molar-refractivity contribution in [2.24, 2.45) is 0 Å². The quantitative estimate of drug-likeness (QED) is 0.722. The summed E-state index contributed by atoms with van der Waals surface area (Å²) < 4.78 is 18.2. The Hall–Kier alpha value is -2.93. The molecular weight excluding hydrogens is 325 g/mol. The zero-order valence-corrected chi connectivity index (χ0v) is 13.8. The van der Waals surface area contributed by atoms with Crippen LogP contribution in [0.15, 0.2) is 48.5 Å². The van der Waals surface area contributed by atoms with Gasteiger partial charge in [-0.25, -0.2) is 9.18 Å². The Morgan fingerprint density at radius 2 is 1.64 bits per heavy atom. The maximum Gasteiger partial charge on any atom is 0.319 e. The average molecular weight is 345 g/mol. The van der Waals surface area contributed by atoms with E-state index in [0.29, 0.717) is 29.9 Å². The largest absolute Gasteiger partial charge is 0.375 e. The van der Waals surface area contributed by atoms with E-state index < -0.39 is 0 Å². The molecule has 0 bridgehead atoms. The van der Waals surface area contributed by atoms with E-state index in [1.807, 2.05) is 0 Å². The number of anilines is 2. The van der Waals surface area contributed by atoms with E-state index in [1.165, 1.54) is 13.2 Å². The summed E-state index contributed by atoms with van der Waals surface area (Å²) in [5.74, 6) is -0.537. The molecule has 0 saturated carbocycles. The van der Waals surface area contributed by atoms with Crippen LogP contribution in [-0.2, 0) is 16.0 Å². The zero-order chi connectivity index (χ0) is 18.1. The van der Waals surface area contributed by atoms with Crippen LogP contribution in [0.4, 0.5) is 20.6 Å². The molecule has 7 heteroatoms. The Bertz CT molecular complexity index is 720. The van der Waals surface area contributed by atoms with Crippen LogP contribution in [0, 0.1) is 5.82 Å². The van der Waals surface area contributed by atoms with Crippen molar-refractivity contribution in [3.8, 4) is 0 Å². The van der Waals surface area contributed by atoms with Crippen molar-refractivity contribution in [3.63, 3.8) is 0 Å². The first kappa shape index (κ1) is 18.4. The van der Waals surface area contributed by atoms with Crippen LogP contribution in [0.1, 0.15) is 5.56 Å². The van der Waals surface area contributed by atoms with Crippen LogP contribution in [0.5, 0.6) is 0 Å². The molecular formula is C18H20FN3O3. The molecule has 132 valence electrons. The number of hydrogen-bond donors (Lipinski definition) is 3. The standard InChI is InChI=1S/C18H20FN3O3/c1-25-12-17(23)21-14-6-8-15(9-7-14)22-18(24)20-11-10-13-4-2-3-5-16(13)19/h2-9H,10-12H2,1H3,(H,21,23)(H2,20,22,24). The summed E-state index contributed by atoms with van der Waals surface area (Å²) in [6.07, 6.45) is 0.407. The molecule has 3 amide bonds. The fourth-order valence-electron chi connectivity index (χ4n) is 2.15. The van der Waals surface area contributed by atoms with Crippen molar-refractivity contribution in [1.29, 1.82) is 0 Å². The summed E-state index contributed by atoms with van der Waals surface area (Å²) >= 11 is 0. The first-order valence-electron chi connectivity index (χ1n) is 7.75. The minimum atomic E-state index is -0.382. The molecule has 0 aliphatic carbocycles. The molecule has 2 aromatic carbocycles. The highest BCUT2D eigenvalue weighted by Gasteiger charge is 2.05. The molecule has 0 aliphatic rings. The van der Waals surface area contributed by atoms with Crippen molar-refractivity contribution < 1.29 is 18.7 Å². The van der Waals surface area contributed by atoms with Gasteiger partial charge >= 0.3 is 6.03 Å². The molecule has 0 heterocycles. The smallest absolute Gasteiger partial charge is 0.319 e. The number of urea groups is 1. The zero-order valence-electron chi connectivity index (χ0n) is 13.8. The lowest BCUT2D eigenvalue weighted by molar-refractivity contribution is -0.119. The van der Waals surface area contributed by atoms with E-state index in [0.717, 1.165) is 0 Å². The molecule has 6 nitrogen and oxygen atoms in total.